The molecule has 0 aliphatic carbocycles. The van der Waals surface area contributed by atoms with Crippen molar-refractivity contribution < 1.29 is 5.11 Å². The van der Waals surface area contributed by atoms with Crippen LogP contribution >= 0.6 is 15.9 Å². The number of piperidine rings is 1. The van der Waals surface area contributed by atoms with E-state index in [-0.39, 0.29) is 6.10 Å². The summed E-state index contributed by atoms with van der Waals surface area (Å²) in [5, 5.41) is 13.1. The molecule has 1 aromatic carbocycles. The highest BCUT2D eigenvalue weighted by Crippen LogP contribution is 2.25. The maximum absolute atomic E-state index is 9.70. The number of halogens is 1. The van der Waals surface area contributed by atoms with Crippen LogP contribution in [0.1, 0.15) is 30.9 Å². The Hall–Kier alpha value is -0.420. The summed E-state index contributed by atoms with van der Waals surface area (Å²) in [6, 6.07) is 8.73. The van der Waals surface area contributed by atoms with E-state index in [1.165, 1.54) is 5.56 Å². The number of benzene rings is 1. The van der Waals surface area contributed by atoms with Crippen LogP contribution in [-0.4, -0.2) is 42.8 Å². The van der Waals surface area contributed by atoms with Gasteiger partial charge in [0.05, 0.1) is 6.10 Å². The SMILES string of the molecule is CNC(CCN1CCCC(O)C1)c1ccccc1Br. The fraction of sp³-hybridized carbons (Fsp3) is 0.600. The molecule has 0 radical (unpaired) electrons. The molecule has 2 N–H and O–H groups in total. The summed E-state index contributed by atoms with van der Waals surface area (Å²) in [7, 11) is 2.01. The van der Waals surface area contributed by atoms with Crippen molar-refractivity contribution in [3.63, 3.8) is 0 Å². The molecule has 1 aliphatic heterocycles. The molecule has 0 bridgehead atoms. The Bertz CT molecular complexity index is 399. The Morgan fingerprint density at radius 1 is 1.47 bits per heavy atom. The quantitative estimate of drug-likeness (QED) is 0.872. The zero-order valence-corrected chi connectivity index (χ0v) is 13.1. The first-order valence-corrected chi connectivity index (χ1v) is 7.82. The van der Waals surface area contributed by atoms with Gasteiger partial charge in [0.25, 0.3) is 0 Å². The summed E-state index contributed by atoms with van der Waals surface area (Å²) >= 11 is 3.62. The van der Waals surface area contributed by atoms with Crippen molar-refractivity contribution in [2.24, 2.45) is 0 Å². The molecular formula is C15H23BrN2O. The number of hydrogen-bond acceptors (Lipinski definition) is 3. The predicted molar refractivity (Wildman–Crippen MR) is 82.2 cm³/mol. The van der Waals surface area contributed by atoms with Gasteiger partial charge in [0.1, 0.15) is 0 Å². The van der Waals surface area contributed by atoms with Gasteiger partial charge >= 0.3 is 0 Å². The van der Waals surface area contributed by atoms with E-state index in [2.05, 4.69) is 44.3 Å². The second-order valence-corrected chi connectivity index (χ2v) is 6.10. The third kappa shape index (κ3) is 4.28. The van der Waals surface area contributed by atoms with E-state index in [0.29, 0.717) is 6.04 Å². The van der Waals surface area contributed by atoms with E-state index in [1.807, 2.05) is 13.1 Å². The summed E-state index contributed by atoms with van der Waals surface area (Å²) in [6.07, 6.45) is 2.99. The van der Waals surface area contributed by atoms with Crippen LogP contribution in [0.3, 0.4) is 0 Å². The van der Waals surface area contributed by atoms with Crippen molar-refractivity contribution in [1.29, 1.82) is 0 Å². The zero-order chi connectivity index (χ0) is 13.7. The maximum Gasteiger partial charge on any atom is 0.0667 e. The normalized spacial score (nSPS) is 22.4. The summed E-state index contributed by atoms with van der Waals surface area (Å²) in [5.41, 5.74) is 1.31. The first kappa shape index (κ1) is 15.0. The van der Waals surface area contributed by atoms with Crippen LogP contribution in [0.5, 0.6) is 0 Å². The molecule has 0 spiro atoms. The third-order valence-corrected chi connectivity index (χ3v) is 4.57. The summed E-state index contributed by atoms with van der Waals surface area (Å²) < 4.78 is 1.16. The fourth-order valence-corrected chi connectivity index (χ4v) is 3.32. The second-order valence-electron chi connectivity index (χ2n) is 5.25. The van der Waals surface area contributed by atoms with Crippen LogP contribution in [-0.2, 0) is 0 Å². The number of nitrogens with zero attached hydrogens (tertiary/aromatic N) is 1. The number of hydrogen-bond donors (Lipinski definition) is 2. The van der Waals surface area contributed by atoms with Gasteiger partial charge in [0.15, 0.2) is 0 Å². The van der Waals surface area contributed by atoms with E-state index < -0.39 is 0 Å². The highest BCUT2D eigenvalue weighted by molar-refractivity contribution is 9.10. The van der Waals surface area contributed by atoms with Crippen molar-refractivity contribution >= 4 is 15.9 Å². The Labute approximate surface area is 124 Å². The van der Waals surface area contributed by atoms with Crippen molar-refractivity contribution in [2.75, 3.05) is 26.7 Å². The van der Waals surface area contributed by atoms with E-state index in [4.69, 9.17) is 0 Å². The first-order chi connectivity index (χ1) is 9.20. The molecule has 1 heterocycles. The van der Waals surface area contributed by atoms with Gasteiger partial charge in [0, 0.05) is 23.6 Å². The number of β-amino-alcohol motifs (C(OH)–C–C–N with tert-alkyl or cyclic N) is 1. The number of rotatable bonds is 5. The Morgan fingerprint density at radius 3 is 2.95 bits per heavy atom. The van der Waals surface area contributed by atoms with E-state index >= 15 is 0 Å². The lowest BCUT2D eigenvalue weighted by Gasteiger charge is -2.31. The molecule has 1 aliphatic rings. The molecule has 2 rings (SSSR count). The fourth-order valence-electron chi connectivity index (χ4n) is 2.76. The minimum absolute atomic E-state index is 0.134. The number of nitrogens with one attached hydrogen (secondary N) is 1. The molecule has 2 unspecified atom stereocenters. The van der Waals surface area contributed by atoms with Crippen molar-refractivity contribution in [3.05, 3.63) is 34.3 Å². The Balaban J connectivity index is 1.91. The molecule has 1 saturated heterocycles. The van der Waals surface area contributed by atoms with E-state index in [9.17, 15) is 5.11 Å². The predicted octanol–water partition coefficient (Wildman–Crippen LogP) is 2.56. The summed E-state index contributed by atoms with van der Waals surface area (Å²) in [6.45, 7) is 2.97. The van der Waals surface area contributed by atoms with E-state index in [1.54, 1.807) is 0 Å². The molecule has 2 atom stereocenters. The van der Waals surface area contributed by atoms with Gasteiger partial charge in [-0.25, -0.2) is 0 Å². The van der Waals surface area contributed by atoms with Gasteiger partial charge in [-0.15, -0.1) is 0 Å². The van der Waals surface area contributed by atoms with Crippen LogP contribution in [0.15, 0.2) is 28.7 Å². The van der Waals surface area contributed by atoms with Gasteiger partial charge in [-0.3, -0.25) is 0 Å². The maximum atomic E-state index is 9.70. The molecule has 0 amide bonds. The number of aliphatic hydroxyl groups excluding tert-OH is 1. The van der Waals surface area contributed by atoms with Crippen LogP contribution in [0.2, 0.25) is 0 Å². The van der Waals surface area contributed by atoms with Crippen molar-refractivity contribution in [1.82, 2.24) is 10.2 Å². The zero-order valence-electron chi connectivity index (χ0n) is 11.5. The van der Waals surface area contributed by atoms with Crippen LogP contribution in [0.4, 0.5) is 0 Å². The van der Waals surface area contributed by atoms with Crippen molar-refractivity contribution in [3.8, 4) is 0 Å². The average Bonchev–Trinajstić information content (AvgIpc) is 2.41. The number of aliphatic hydroxyl groups is 1. The molecule has 0 saturated carbocycles. The van der Waals surface area contributed by atoms with Gasteiger partial charge in [-0.05, 0) is 44.5 Å². The Morgan fingerprint density at radius 2 is 2.26 bits per heavy atom. The van der Waals surface area contributed by atoms with Gasteiger partial charge in [-0.1, -0.05) is 34.1 Å². The van der Waals surface area contributed by atoms with Crippen LogP contribution < -0.4 is 5.32 Å². The molecular weight excluding hydrogens is 304 g/mol. The molecule has 1 aromatic rings. The number of likely N-dealkylation sites (tertiary alicyclic amines) is 1. The highest BCUT2D eigenvalue weighted by atomic mass is 79.9. The monoisotopic (exact) mass is 326 g/mol. The highest BCUT2D eigenvalue weighted by Gasteiger charge is 2.19. The second kappa shape index (κ2) is 7.39. The molecule has 0 aromatic heterocycles. The molecule has 19 heavy (non-hydrogen) atoms. The summed E-state index contributed by atoms with van der Waals surface area (Å²) in [5.74, 6) is 0. The topological polar surface area (TPSA) is 35.5 Å². The minimum Gasteiger partial charge on any atom is -0.392 e. The molecule has 1 fully saturated rings. The molecule has 3 nitrogen and oxygen atoms in total. The summed E-state index contributed by atoms with van der Waals surface area (Å²) in [4.78, 5) is 2.37. The minimum atomic E-state index is -0.134. The standard InChI is InChI=1S/C15H23BrN2O/c1-17-15(13-6-2-3-7-14(13)16)8-10-18-9-4-5-12(19)11-18/h2-3,6-7,12,15,17,19H,4-5,8-11H2,1H3. The lowest BCUT2D eigenvalue weighted by Crippen LogP contribution is -2.39. The van der Waals surface area contributed by atoms with Crippen LogP contribution in [0.25, 0.3) is 0 Å². The third-order valence-electron chi connectivity index (χ3n) is 3.84. The molecule has 4 heteroatoms. The van der Waals surface area contributed by atoms with Gasteiger partial charge in [0.2, 0.25) is 0 Å². The largest absolute Gasteiger partial charge is 0.392 e. The van der Waals surface area contributed by atoms with Gasteiger partial charge in [-0.2, -0.15) is 0 Å². The average molecular weight is 327 g/mol. The first-order valence-electron chi connectivity index (χ1n) is 7.03. The Kier molecular flexibility index (Phi) is 5.82. The molecule has 106 valence electrons. The van der Waals surface area contributed by atoms with E-state index in [0.717, 1.165) is 43.4 Å². The smallest absolute Gasteiger partial charge is 0.0667 e. The van der Waals surface area contributed by atoms with Crippen molar-refractivity contribution in [2.45, 2.75) is 31.4 Å². The van der Waals surface area contributed by atoms with Crippen LogP contribution in [0, 0.1) is 0 Å². The van der Waals surface area contributed by atoms with Gasteiger partial charge < -0.3 is 15.3 Å². The lowest BCUT2D eigenvalue weighted by atomic mass is 10.0. The lowest BCUT2D eigenvalue weighted by molar-refractivity contribution is 0.0686.